The predicted molar refractivity (Wildman–Crippen MR) is 196 cm³/mol. The molecule has 0 saturated heterocycles. The number of unbranched alkanes of at least 4 members (excludes halogenated alkanes) is 1. The number of hydrogen-bond acceptors (Lipinski definition) is 7. The Labute approximate surface area is 283 Å². The van der Waals surface area contributed by atoms with E-state index in [1.165, 1.54) is 0 Å². The lowest BCUT2D eigenvalue weighted by Crippen LogP contribution is -2.23. The molecule has 12 heteroatoms. The molecule has 0 fully saturated rings. The van der Waals surface area contributed by atoms with E-state index < -0.39 is 0 Å². The molecule has 4 aromatic rings. The summed E-state index contributed by atoms with van der Waals surface area (Å²) < 4.78 is 1.58. The molecule has 2 aromatic heterocycles. The van der Waals surface area contributed by atoms with Crippen molar-refractivity contribution in [2.75, 3.05) is 19.6 Å². The number of nitro benzene ring substituents is 1. The van der Waals surface area contributed by atoms with Gasteiger partial charge in [-0.05, 0) is 86.0 Å². The van der Waals surface area contributed by atoms with Gasteiger partial charge in [0.15, 0.2) is 5.96 Å². The Morgan fingerprint density at radius 1 is 1.00 bits per heavy atom. The lowest BCUT2D eigenvalue weighted by atomic mass is 9.82. The van der Waals surface area contributed by atoms with E-state index in [4.69, 9.17) is 17.2 Å². The molecular formula is C36H53N9O3. The van der Waals surface area contributed by atoms with Gasteiger partial charge in [0, 0.05) is 47.4 Å². The van der Waals surface area contributed by atoms with Gasteiger partial charge in [-0.1, -0.05) is 59.7 Å². The summed E-state index contributed by atoms with van der Waals surface area (Å²) in [7, 11) is 0. The molecule has 0 aliphatic carbocycles. The van der Waals surface area contributed by atoms with E-state index in [1.54, 1.807) is 10.6 Å². The van der Waals surface area contributed by atoms with Crippen molar-refractivity contribution in [3.8, 4) is 5.69 Å². The second-order valence-corrected chi connectivity index (χ2v) is 14.2. The van der Waals surface area contributed by atoms with Crippen LogP contribution >= 0.6 is 0 Å². The van der Waals surface area contributed by atoms with Crippen LogP contribution in [0.5, 0.6) is 0 Å². The van der Waals surface area contributed by atoms with Crippen molar-refractivity contribution in [2.45, 2.75) is 91.5 Å². The minimum Gasteiger partial charge on any atom is -0.370 e. The topological polar surface area (TPSA) is 196 Å². The number of aromatic amines is 1. The van der Waals surface area contributed by atoms with Crippen LogP contribution in [0.15, 0.2) is 58.4 Å². The Kier molecular flexibility index (Phi) is 13.0. The lowest BCUT2D eigenvalue weighted by molar-refractivity contribution is -0.385. The molecule has 0 amide bonds. The predicted octanol–water partition coefficient (Wildman–Crippen LogP) is 5.25. The highest BCUT2D eigenvalue weighted by Gasteiger charge is 2.23. The van der Waals surface area contributed by atoms with Gasteiger partial charge < -0.3 is 27.5 Å². The molecule has 0 atom stereocenters. The van der Waals surface area contributed by atoms with Gasteiger partial charge in [-0.15, -0.1) is 0 Å². The third-order valence-corrected chi connectivity index (χ3v) is 8.03. The fraction of sp³-hybridized carbons (Fsp3) is 0.472. The third kappa shape index (κ3) is 10.7. The molecule has 0 unspecified atom stereocenters. The van der Waals surface area contributed by atoms with E-state index >= 15 is 0 Å². The maximum Gasteiger partial charge on any atom is 0.354 e. The lowest BCUT2D eigenvalue weighted by Gasteiger charge is -2.22. The van der Waals surface area contributed by atoms with E-state index in [9.17, 15) is 14.9 Å². The molecule has 0 aliphatic heterocycles. The van der Waals surface area contributed by atoms with Crippen molar-refractivity contribution >= 4 is 22.7 Å². The van der Waals surface area contributed by atoms with E-state index in [-0.39, 0.29) is 33.1 Å². The number of nitro groups is 1. The first-order valence-corrected chi connectivity index (χ1v) is 16.5. The molecule has 0 saturated carbocycles. The van der Waals surface area contributed by atoms with Gasteiger partial charge in [-0.25, -0.2) is 4.79 Å². The van der Waals surface area contributed by atoms with Gasteiger partial charge in [-0.3, -0.25) is 19.7 Å². The molecule has 0 radical (unpaired) electrons. The molecule has 0 aliphatic rings. The number of nitrogens with zero attached hydrogens (tertiary/aromatic N) is 4. The largest absolute Gasteiger partial charge is 0.370 e. The van der Waals surface area contributed by atoms with Crippen LogP contribution in [0.3, 0.4) is 0 Å². The number of aryl methyl sites for hydroxylation is 1. The van der Waals surface area contributed by atoms with Crippen molar-refractivity contribution in [2.24, 2.45) is 22.2 Å². The standard InChI is InChI=1S/C21H29N7O.C15H24N2O2/c1-21(2,3)17-11-15-13-28(20(29)27-18(15)26-17)16-7-5-14(6-8-16)12-24-9-4-10-25-19(22)23;1-11-13(15(2,3)4)9-12(7-5-6-8-16)10-14(11)17(18)19/h5-8,11,13,24H,4,9-10,12H2,1-3H3,(H4,22,23,25)(H,26,27,29);9-10H,5-8,16H2,1-4H3. The van der Waals surface area contributed by atoms with Gasteiger partial charge in [-0.2, -0.15) is 4.98 Å². The fourth-order valence-corrected chi connectivity index (χ4v) is 5.35. The summed E-state index contributed by atoms with van der Waals surface area (Å²) >= 11 is 0. The summed E-state index contributed by atoms with van der Waals surface area (Å²) in [5, 5.41) is 15.4. The molecule has 2 aromatic carbocycles. The van der Waals surface area contributed by atoms with E-state index in [0.29, 0.717) is 18.7 Å². The van der Waals surface area contributed by atoms with Crippen LogP contribution < -0.4 is 28.2 Å². The van der Waals surface area contributed by atoms with Crippen LogP contribution in [0.4, 0.5) is 5.69 Å². The Balaban J connectivity index is 0.000000286. The van der Waals surface area contributed by atoms with Gasteiger partial charge in [0.05, 0.1) is 10.6 Å². The first-order chi connectivity index (χ1) is 22.5. The van der Waals surface area contributed by atoms with Crippen LogP contribution in [0.25, 0.3) is 16.7 Å². The summed E-state index contributed by atoms with van der Waals surface area (Å²) in [6.07, 6.45) is 5.48. The Morgan fingerprint density at radius 2 is 1.69 bits per heavy atom. The van der Waals surface area contributed by atoms with E-state index in [2.05, 4.69) is 74.0 Å². The maximum atomic E-state index is 12.5. The zero-order valence-electron chi connectivity index (χ0n) is 29.5. The molecule has 8 N–H and O–H groups in total. The van der Waals surface area contributed by atoms with Crippen molar-refractivity contribution in [1.29, 1.82) is 0 Å². The highest BCUT2D eigenvalue weighted by atomic mass is 16.6. The number of nitrogens with two attached hydrogens (primary N) is 3. The summed E-state index contributed by atoms with van der Waals surface area (Å²) in [5.74, 6) is 0.123. The molecule has 0 bridgehead atoms. The molecule has 2 heterocycles. The number of nitrogens with one attached hydrogen (secondary N) is 2. The van der Waals surface area contributed by atoms with Gasteiger partial charge in [0.1, 0.15) is 5.65 Å². The molecule has 48 heavy (non-hydrogen) atoms. The number of aromatic nitrogens is 3. The Bertz CT molecular complexity index is 1760. The van der Waals surface area contributed by atoms with Crippen molar-refractivity contribution < 1.29 is 4.92 Å². The molecular weight excluding hydrogens is 606 g/mol. The number of hydrogen-bond donors (Lipinski definition) is 5. The van der Waals surface area contributed by atoms with Crippen LogP contribution in [0, 0.1) is 17.0 Å². The number of H-pyrrole nitrogens is 1. The Hall–Kier alpha value is -4.55. The third-order valence-electron chi connectivity index (χ3n) is 8.03. The molecule has 4 rings (SSSR count). The van der Waals surface area contributed by atoms with E-state index in [1.807, 2.05) is 37.4 Å². The SMILES string of the molecule is CC(C)(C)c1cc2cn(-c3ccc(CNCCCN=C(N)N)cc3)c(=O)nc2[nH]1.Cc1c([N+](=O)[O-])cc(CCCCN)cc1C(C)(C)C. The molecule has 12 nitrogen and oxygen atoms in total. The minimum atomic E-state index is -0.301. The number of rotatable bonds is 12. The van der Waals surface area contributed by atoms with E-state index in [0.717, 1.165) is 77.8 Å². The van der Waals surface area contributed by atoms with Gasteiger partial charge in [0.25, 0.3) is 5.69 Å². The number of aliphatic imine (C=N–C) groups is 1. The summed E-state index contributed by atoms with van der Waals surface area (Å²) in [6.45, 7) is 17.3. The Morgan fingerprint density at radius 3 is 2.27 bits per heavy atom. The number of benzene rings is 2. The van der Waals surface area contributed by atoms with Crippen molar-refractivity contribution in [1.82, 2.24) is 19.9 Å². The summed E-state index contributed by atoms with van der Waals surface area (Å²) in [5.41, 5.74) is 22.4. The second-order valence-electron chi connectivity index (χ2n) is 14.2. The zero-order chi connectivity index (χ0) is 35.6. The average molecular weight is 660 g/mol. The zero-order valence-corrected chi connectivity index (χ0v) is 29.5. The monoisotopic (exact) mass is 659 g/mol. The first kappa shape index (κ1) is 37.9. The summed E-state index contributed by atoms with van der Waals surface area (Å²) in [6, 6.07) is 13.8. The quantitative estimate of drug-likeness (QED) is 0.0447. The normalized spacial score (nSPS) is 11.7. The number of fused-ring (bicyclic) bond motifs is 1. The highest BCUT2D eigenvalue weighted by molar-refractivity contribution is 5.76. The van der Waals surface area contributed by atoms with Crippen LogP contribution in [-0.4, -0.2) is 45.1 Å². The number of guanidine groups is 1. The van der Waals surface area contributed by atoms with Crippen LogP contribution in [-0.2, 0) is 23.8 Å². The van der Waals surface area contributed by atoms with Gasteiger partial charge in [0.2, 0.25) is 0 Å². The van der Waals surface area contributed by atoms with Gasteiger partial charge >= 0.3 is 5.69 Å². The fourth-order valence-electron chi connectivity index (χ4n) is 5.35. The minimum absolute atomic E-state index is 0.0352. The highest BCUT2D eigenvalue weighted by Crippen LogP contribution is 2.33. The summed E-state index contributed by atoms with van der Waals surface area (Å²) in [4.78, 5) is 34.8. The van der Waals surface area contributed by atoms with Crippen molar-refractivity contribution in [3.05, 3.63) is 97.2 Å². The van der Waals surface area contributed by atoms with Crippen LogP contribution in [0.2, 0.25) is 0 Å². The van der Waals surface area contributed by atoms with Crippen molar-refractivity contribution in [3.63, 3.8) is 0 Å². The smallest absolute Gasteiger partial charge is 0.354 e. The second kappa shape index (κ2) is 16.5. The average Bonchev–Trinajstić information content (AvgIpc) is 3.43. The molecule has 0 spiro atoms. The first-order valence-electron chi connectivity index (χ1n) is 16.5. The molecule has 260 valence electrons. The maximum absolute atomic E-state index is 12.5. The van der Waals surface area contributed by atoms with Crippen LogP contribution in [0.1, 0.15) is 88.8 Å².